The summed E-state index contributed by atoms with van der Waals surface area (Å²) in [7, 11) is 0. The van der Waals surface area contributed by atoms with Gasteiger partial charge in [-0.2, -0.15) is 0 Å². The standard InChI is InChI=1S/C16H23NO/c1-2-3-11-15(17-12-7-8-13-17)16(18)14-9-5-4-6-10-14/h4-6,9-10,15H,2-3,7-8,11-13H2,1H3/t15-/m0/s1. The van der Waals surface area contributed by atoms with E-state index in [0.29, 0.717) is 5.78 Å². The molecule has 98 valence electrons. The Balaban J connectivity index is 2.09. The monoisotopic (exact) mass is 245 g/mol. The molecule has 0 saturated carbocycles. The highest BCUT2D eigenvalue weighted by molar-refractivity contribution is 6.00. The van der Waals surface area contributed by atoms with Crippen molar-refractivity contribution in [2.24, 2.45) is 0 Å². The second-order valence-corrected chi connectivity index (χ2v) is 5.13. The van der Waals surface area contributed by atoms with Gasteiger partial charge in [0.1, 0.15) is 0 Å². The van der Waals surface area contributed by atoms with E-state index in [1.54, 1.807) is 0 Å². The lowest BCUT2D eigenvalue weighted by Crippen LogP contribution is -2.39. The zero-order valence-electron chi connectivity index (χ0n) is 11.3. The van der Waals surface area contributed by atoms with Crippen LogP contribution >= 0.6 is 0 Å². The predicted octanol–water partition coefficient (Wildman–Crippen LogP) is 3.52. The minimum Gasteiger partial charge on any atom is -0.293 e. The molecule has 1 aliphatic rings. The van der Waals surface area contributed by atoms with Crippen LogP contribution in [0, 0.1) is 0 Å². The van der Waals surface area contributed by atoms with Crippen LogP contribution in [0.5, 0.6) is 0 Å². The first-order valence-corrected chi connectivity index (χ1v) is 7.16. The molecule has 0 bridgehead atoms. The van der Waals surface area contributed by atoms with Crippen molar-refractivity contribution in [3.63, 3.8) is 0 Å². The molecule has 1 saturated heterocycles. The average Bonchev–Trinajstić information content (AvgIpc) is 2.94. The number of hydrogen-bond donors (Lipinski definition) is 0. The number of carbonyl (C=O) groups excluding carboxylic acids is 1. The fraction of sp³-hybridized carbons (Fsp3) is 0.562. The van der Waals surface area contributed by atoms with Gasteiger partial charge in [0.05, 0.1) is 6.04 Å². The minimum absolute atomic E-state index is 0.106. The molecular formula is C16H23NO. The molecule has 1 fully saturated rings. The van der Waals surface area contributed by atoms with E-state index in [0.717, 1.165) is 37.9 Å². The van der Waals surface area contributed by atoms with Crippen molar-refractivity contribution in [1.82, 2.24) is 4.90 Å². The van der Waals surface area contributed by atoms with Crippen LogP contribution in [-0.2, 0) is 0 Å². The van der Waals surface area contributed by atoms with E-state index < -0.39 is 0 Å². The summed E-state index contributed by atoms with van der Waals surface area (Å²) in [4.78, 5) is 15.0. The van der Waals surface area contributed by atoms with Crippen molar-refractivity contribution in [2.45, 2.75) is 45.1 Å². The summed E-state index contributed by atoms with van der Waals surface area (Å²) >= 11 is 0. The van der Waals surface area contributed by atoms with E-state index in [-0.39, 0.29) is 6.04 Å². The molecule has 1 atom stereocenters. The number of carbonyl (C=O) groups is 1. The first-order chi connectivity index (χ1) is 8.83. The molecule has 18 heavy (non-hydrogen) atoms. The summed E-state index contributed by atoms with van der Waals surface area (Å²) in [6.45, 7) is 4.37. The normalized spacial score (nSPS) is 17.8. The SMILES string of the molecule is CCCC[C@@H](C(=O)c1ccccc1)N1CCCC1. The highest BCUT2D eigenvalue weighted by Gasteiger charge is 2.27. The van der Waals surface area contributed by atoms with Gasteiger partial charge in [-0.25, -0.2) is 0 Å². The molecule has 0 N–H and O–H groups in total. The maximum Gasteiger partial charge on any atom is 0.179 e. The molecule has 2 nitrogen and oxygen atoms in total. The molecule has 0 aromatic heterocycles. The van der Waals surface area contributed by atoms with Crippen LogP contribution in [0.15, 0.2) is 30.3 Å². The van der Waals surface area contributed by atoms with Gasteiger partial charge in [0.15, 0.2) is 5.78 Å². The quantitative estimate of drug-likeness (QED) is 0.715. The van der Waals surface area contributed by atoms with Gasteiger partial charge in [0, 0.05) is 5.56 Å². The fourth-order valence-electron chi connectivity index (χ4n) is 2.73. The zero-order chi connectivity index (χ0) is 12.8. The number of Topliss-reactive ketones (excluding diaryl/α,β-unsaturated/α-hetero) is 1. The van der Waals surface area contributed by atoms with Gasteiger partial charge >= 0.3 is 0 Å². The highest BCUT2D eigenvalue weighted by atomic mass is 16.1. The maximum absolute atomic E-state index is 12.6. The summed E-state index contributed by atoms with van der Waals surface area (Å²) in [6, 6.07) is 9.86. The topological polar surface area (TPSA) is 20.3 Å². The Morgan fingerprint density at radius 3 is 2.50 bits per heavy atom. The Hall–Kier alpha value is -1.15. The Morgan fingerprint density at radius 2 is 1.89 bits per heavy atom. The predicted molar refractivity (Wildman–Crippen MR) is 74.9 cm³/mol. The van der Waals surface area contributed by atoms with E-state index >= 15 is 0 Å². The molecular weight excluding hydrogens is 222 g/mol. The number of rotatable bonds is 6. The van der Waals surface area contributed by atoms with Crippen LogP contribution in [-0.4, -0.2) is 29.8 Å². The molecule has 1 aromatic carbocycles. The van der Waals surface area contributed by atoms with E-state index in [2.05, 4.69) is 11.8 Å². The zero-order valence-corrected chi connectivity index (χ0v) is 11.3. The van der Waals surface area contributed by atoms with E-state index in [1.807, 2.05) is 30.3 Å². The molecule has 2 heteroatoms. The third-order valence-corrected chi connectivity index (χ3v) is 3.77. The fourth-order valence-corrected chi connectivity index (χ4v) is 2.73. The Morgan fingerprint density at radius 1 is 1.22 bits per heavy atom. The third kappa shape index (κ3) is 3.20. The van der Waals surface area contributed by atoms with Crippen LogP contribution in [0.25, 0.3) is 0 Å². The van der Waals surface area contributed by atoms with E-state index in [4.69, 9.17) is 0 Å². The Labute approximate surface area is 110 Å². The molecule has 1 aliphatic heterocycles. The van der Waals surface area contributed by atoms with Crippen molar-refractivity contribution < 1.29 is 4.79 Å². The lowest BCUT2D eigenvalue weighted by Gasteiger charge is -2.26. The molecule has 2 rings (SSSR count). The molecule has 1 heterocycles. The van der Waals surface area contributed by atoms with E-state index in [1.165, 1.54) is 12.8 Å². The summed E-state index contributed by atoms with van der Waals surface area (Å²) in [6.07, 6.45) is 5.78. The lowest BCUT2D eigenvalue weighted by atomic mass is 9.98. The second kappa shape index (κ2) is 6.69. The maximum atomic E-state index is 12.6. The minimum atomic E-state index is 0.106. The molecule has 0 radical (unpaired) electrons. The van der Waals surface area contributed by atoms with Crippen LogP contribution in [0.3, 0.4) is 0 Å². The van der Waals surface area contributed by atoms with Crippen molar-refractivity contribution in [1.29, 1.82) is 0 Å². The van der Waals surface area contributed by atoms with Crippen molar-refractivity contribution in [3.8, 4) is 0 Å². The number of hydrogen-bond acceptors (Lipinski definition) is 2. The van der Waals surface area contributed by atoms with Gasteiger partial charge in [-0.1, -0.05) is 50.1 Å². The van der Waals surface area contributed by atoms with Crippen LogP contribution in [0.1, 0.15) is 49.4 Å². The van der Waals surface area contributed by atoms with Crippen LogP contribution in [0.4, 0.5) is 0 Å². The molecule has 0 aliphatic carbocycles. The van der Waals surface area contributed by atoms with Crippen molar-refractivity contribution in [2.75, 3.05) is 13.1 Å². The van der Waals surface area contributed by atoms with Crippen LogP contribution in [0.2, 0.25) is 0 Å². The summed E-state index contributed by atoms with van der Waals surface area (Å²) in [5.74, 6) is 0.311. The van der Waals surface area contributed by atoms with Gasteiger partial charge in [0.2, 0.25) is 0 Å². The smallest absolute Gasteiger partial charge is 0.179 e. The van der Waals surface area contributed by atoms with Crippen molar-refractivity contribution in [3.05, 3.63) is 35.9 Å². The molecule has 1 aromatic rings. The van der Waals surface area contributed by atoms with Crippen molar-refractivity contribution >= 4 is 5.78 Å². The lowest BCUT2D eigenvalue weighted by molar-refractivity contribution is 0.0835. The number of unbranched alkanes of at least 4 members (excludes halogenated alkanes) is 1. The first kappa shape index (κ1) is 13.3. The highest BCUT2D eigenvalue weighted by Crippen LogP contribution is 2.20. The van der Waals surface area contributed by atoms with Gasteiger partial charge in [-0.05, 0) is 32.4 Å². The number of benzene rings is 1. The summed E-state index contributed by atoms with van der Waals surface area (Å²) in [5, 5.41) is 0. The number of nitrogens with zero attached hydrogens (tertiary/aromatic N) is 1. The van der Waals surface area contributed by atoms with Gasteiger partial charge in [0.25, 0.3) is 0 Å². The summed E-state index contributed by atoms with van der Waals surface area (Å²) < 4.78 is 0. The Bertz CT molecular complexity index is 368. The molecule has 0 spiro atoms. The summed E-state index contributed by atoms with van der Waals surface area (Å²) in [5.41, 5.74) is 0.866. The second-order valence-electron chi connectivity index (χ2n) is 5.13. The molecule has 0 amide bonds. The third-order valence-electron chi connectivity index (χ3n) is 3.77. The van der Waals surface area contributed by atoms with Gasteiger partial charge in [-0.3, -0.25) is 9.69 Å². The van der Waals surface area contributed by atoms with Gasteiger partial charge < -0.3 is 0 Å². The number of ketones is 1. The van der Waals surface area contributed by atoms with E-state index in [9.17, 15) is 4.79 Å². The number of likely N-dealkylation sites (tertiary alicyclic amines) is 1. The largest absolute Gasteiger partial charge is 0.293 e. The molecule has 0 unspecified atom stereocenters. The van der Waals surface area contributed by atoms with Crippen LogP contribution < -0.4 is 0 Å². The van der Waals surface area contributed by atoms with Gasteiger partial charge in [-0.15, -0.1) is 0 Å². The Kier molecular flexibility index (Phi) is 4.94. The first-order valence-electron chi connectivity index (χ1n) is 7.16. The average molecular weight is 245 g/mol.